The molecule has 2 heterocycles. The number of imidazole rings is 1. The topological polar surface area (TPSA) is 29.9 Å². The zero-order valence-corrected chi connectivity index (χ0v) is 12.2. The molecule has 0 bridgehead atoms. The van der Waals surface area contributed by atoms with Crippen LogP contribution in [0.1, 0.15) is 44.5 Å². The quantitative estimate of drug-likeness (QED) is 0.913. The molecule has 0 amide bonds. The molecule has 1 aromatic heterocycles. The van der Waals surface area contributed by atoms with Crippen LogP contribution in [0.25, 0.3) is 11.0 Å². The Kier molecular flexibility index (Phi) is 3.09. The first-order valence-corrected chi connectivity index (χ1v) is 7.42. The summed E-state index contributed by atoms with van der Waals surface area (Å²) in [6.45, 7) is 8.71. The zero-order chi connectivity index (χ0) is 13.5. The maximum Gasteiger partial charge on any atom is 0.130 e. The van der Waals surface area contributed by atoms with Crippen LogP contribution in [0, 0.1) is 6.92 Å². The summed E-state index contributed by atoms with van der Waals surface area (Å²) < 4.78 is 2.39. The van der Waals surface area contributed by atoms with E-state index in [9.17, 15) is 0 Å². The molecule has 1 aliphatic rings. The van der Waals surface area contributed by atoms with E-state index < -0.39 is 0 Å². The van der Waals surface area contributed by atoms with E-state index in [1.165, 1.54) is 29.7 Å². The Labute approximate surface area is 115 Å². The molecule has 1 N–H and O–H groups in total. The van der Waals surface area contributed by atoms with Crippen LogP contribution >= 0.6 is 0 Å². The molecule has 0 radical (unpaired) electrons. The first-order chi connectivity index (χ1) is 9.20. The van der Waals surface area contributed by atoms with Crippen molar-refractivity contribution in [2.75, 3.05) is 6.54 Å². The summed E-state index contributed by atoms with van der Waals surface area (Å²) in [5.41, 5.74) is 3.77. The van der Waals surface area contributed by atoms with E-state index in [0.29, 0.717) is 0 Å². The highest BCUT2D eigenvalue weighted by atomic mass is 15.2. The van der Waals surface area contributed by atoms with Crippen molar-refractivity contribution in [3.63, 3.8) is 0 Å². The summed E-state index contributed by atoms with van der Waals surface area (Å²) in [6, 6.07) is 6.59. The van der Waals surface area contributed by atoms with Crippen LogP contribution in [0.4, 0.5) is 0 Å². The van der Waals surface area contributed by atoms with Gasteiger partial charge in [-0.15, -0.1) is 0 Å². The Bertz CT molecular complexity index is 591. The third kappa shape index (κ3) is 1.88. The van der Waals surface area contributed by atoms with Gasteiger partial charge in [0, 0.05) is 6.54 Å². The number of hydrogen-bond acceptors (Lipinski definition) is 2. The van der Waals surface area contributed by atoms with E-state index in [1.807, 2.05) is 0 Å². The average Bonchev–Trinajstić information content (AvgIpc) is 3.02. The fraction of sp³-hybridized carbons (Fsp3) is 0.562. The molecule has 3 nitrogen and oxygen atoms in total. The largest absolute Gasteiger partial charge is 0.327 e. The number of benzene rings is 1. The van der Waals surface area contributed by atoms with Crippen molar-refractivity contribution in [1.82, 2.24) is 14.9 Å². The second-order valence-electron chi connectivity index (χ2n) is 5.64. The van der Waals surface area contributed by atoms with Gasteiger partial charge in [-0.3, -0.25) is 0 Å². The minimum atomic E-state index is 0.0862. The van der Waals surface area contributed by atoms with Crippen molar-refractivity contribution in [2.24, 2.45) is 0 Å². The van der Waals surface area contributed by atoms with Crippen molar-refractivity contribution in [3.8, 4) is 0 Å². The van der Waals surface area contributed by atoms with Crippen LogP contribution in [0.15, 0.2) is 18.2 Å². The lowest BCUT2D eigenvalue weighted by atomic mass is 9.93. The molecule has 0 saturated carbocycles. The van der Waals surface area contributed by atoms with Gasteiger partial charge in [0.25, 0.3) is 0 Å². The van der Waals surface area contributed by atoms with Crippen LogP contribution in [0.5, 0.6) is 0 Å². The summed E-state index contributed by atoms with van der Waals surface area (Å²) >= 11 is 0. The van der Waals surface area contributed by atoms with E-state index in [-0.39, 0.29) is 5.54 Å². The molecule has 102 valence electrons. The summed E-state index contributed by atoms with van der Waals surface area (Å²) in [5.74, 6) is 1.23. The number of aryl methyl sites for hydroxylation is 2. The normalized spacial score (nSPS) is 23.3. The lowest BCUT2D eigenvalue weighted by Crippen LogP contribution is -2.38. The second-order valence-corrected chi connectivity index (χ2v) is 5.64. The predicted octanol–water partition coefficient (Wildman–Crippen LogP) is 3.35. The first-order valence-electron chi connectivity index (χ1n) is 7.42. The van der Waals surface area contributed by atoms with Crippen molar-refractivity contribution < 1.29 is 0 Å². The number of rotatable bonds is 3. The highest BCUT2D eigenvalue weighted by Gasteiger charge is 2.37. The molecule has 3 rings (SSSR count). The third-order valence-electron chi connectivity index (χ3n) is 4.50. The van der Waals surface area contributed by atoms with Crippen LogP contribution in [0.2, 0.25) is 0 Å². The molecule has 0 aliphatic carbocycles. The Morgan fingerprint density at radius 1 is 1.37 bits per heavy atom. The van der Waals surface area contributed by atoms with Crippen molar-refractivity contribution >= 4 is 11.0 Å². The molecule has 1 saturated heterocycles. The van der Waals surface area contributed by atoms with Crippen LogP contribution in [0.3, 0.4) is 0 Å². The molecule has 1 aliphatic heterocycles. The zero-order valence-electron chi connectivity index (χ0n) is 12.2. The van der Waals surface area contributed by atoms with Crippen LogP contribution in [-0.4, -0.2) is 16.1 Å². The van der Waals surface area contributed by atoms with Gasteiger partial charge in [-0.1, -0.05) is 13.0 Å². The van der Waals surface area contributed by atoms with Gasteiger partial charge in [-0.2, -0.15) is 0 Å². The standard InChI is InChI=1S/C16H23N3/c1-4-16(9-6-10-17-16)15-18-13-11-12(3)7-8-14(13)19(15)5-2/h7-8,11,17H,4-6,9-10H2,1-3H3. The van der Waals surface area contributed by atoms with Gasteiger partial charge in [-0.05, 0) is 57.4 Å². The van der Waals surface area contributed by atoms with E-state index >= 15 is 0 Å². The van der Waals surface area contributed by atoms with Crippen LogP contribution < -0.4 is 5.32 Å². The van der Waals surface area contributed by atoms with Crippen molar-refractivity contribution in [3.05, 3.63) is 29.6 Å². The molecule has 1 fully saturated rings. The predicted molar refractivity (Wildman–Crippen MR) is 79.3 cm³/mol. The Morgan fingerprint density at radius 2 is 2.21 bits per heavy atom. The summed E-state index contributed by atoms with van der Waals surface area (Å²) in [6.07, 6.45) is 3.56. The molecule has 19 heavy (non-hydrogen) atoms. The Hall–Kier alpha value is -1.35. The van der Waals surface area contributed by atoms with Gasteiger partial charge in [-0.25, -0.2) is 4.98 Å². The van der Waals surface area contributed by atoms with Gasteiger partial charge >= 0.3 is 0 Å². The minimum absolute atomic E-state index is 0.0862. The fourth-order valence-electron chi connectivity index (χ4n) is 3.38. The van der Waals surface area contributed by atoms with Gasteiger partial charge < -0.3 is 9.88 Å². The number of hydrogen-bond donors (Lipinski definition) is 1. The molecule has 0 spiro atoms. The highest BCUT2D eigenvalue weighted by Crippen LogP contribution is 2.35. The van der Waals surface area contributed by atoms with E-state index in [1.54, 1.807) is 0 Å². The maximum absolute atomic E-state index is 4.97. The molecular formula is C16H23N3. The first kappa shape index (κ1) is 12.7. The van der Waals surface area contributed by atoms with Crippen molar-refractivity contribution in [2.45, 2.75) is 52.1 Å². The summed E-state index contributed by atoms with van der Waals surface area (Å²) in [4.78, 5) is 4.97. The Morgan fingerprint density at radius 3 is 2.84 bits per heavy atom. The van der Waals surface area contributed by atoms with Gasteiger partial charge in [0.1, 0.15) is 5.82 Å². The number of nitrogens with zero attached hydrogens (tertiary/aromatic N) is 2. The minimum Gasteiger partial charge on any atom is -0.327 e. The lowest BCUT2D eigenvalue weighted by Gasteiger charge is -2.28. The second kappa shape index (κ2) is 4.64. The van der Waals surface area contributed by atoms with Gasteiger partial charge in [0.15, 0.2) is 0 Å². The van der Waals surface area contributed by atoms with Gasteiger partial charge in [0.05, 0.1) is 16.6 Å². The smallest absolute Gasteiger partial charge is 0.130 e. The fourth-order valence-corrected chi connectivity index (χ4v) is 3.38. The van der Waals surface area contributed by atoms with E-state index in [0.717, 1.165) is 25.0 Å². The number of fused-ring (bicyclic) bond motifs is 1. The molecule has 2 aromatic rings. The van der Waals surface area contributed by atoms with E-state index in [2.05, 4.69) is 48.9 Å². The number of aromatic nitrogens is 2. The molecule has 3 heteroatoms. The van der Waals surface area contributed by atoms with E-state index in [4.69, 9.17) is 4.98 Å². The number of nitrogens with one attached hydrogen (secondary N) is 1. The molecular weight excluding hydrogens is 234 g/mol. The van der Waals surface area contributed by atoms with Crippen molar-refractivity contribution in [1.29, 1.82) is 0 Å². The molecule has 1 atom stereocenters. The monoisotopic (exact) mass is 257 g/mol. The summed E-state index contributed by atoms with van der Waals surface area (Å²) in [7, 11) is 0. The third-order valence-corrected chi connectivity index (χ3v) is 4.50. The SMILES string of the molecule is CCn1c(C2(CC)CCCN2)nc2cc(C)ccc21. The summed E-state index contributed by atoms with van der Waals surface area (Å²) in [5, 5.41) is 3.70. The molecule has 1 unspecified atom stereocenters. The molecule has 1 aromatic carbocycles. The maximum atomic E-state index is 4.97. The Balaban J connectivity index is 2.22. The highest BCUT2D eigenvalue weighted by molar-refractivity contribution is 5.77. The average molecular weight is 257 g/mol. The van der Waals surface area contributed by atoms with Crippen LogP contribution in [-0.2, 0) is 12.1 Å². The lowest BCUT2D eigenvalue weighted by molar-refractivity contribution is 0.341. The van der Waals surface area contributed by atoms with Gasteiger partial charge in [0.2, 0.25) is 0 Å².